The van der Waals surface area contributed by atoms with Crippen LogP contribution in [0.25, 0.3) is 0 Å². The van der Waals surface area contributed by atoms with E-state index >= 15 is 0 Å². The number of fused-ring (bicyclic) bond motifs is 1. The number of carbonyl (C=O) groups is 1. The van der Waals surface area contributed by atoms with Gasteiger partial charge >= 0.3 is 12.1 Å². The first-order valence-electron chi connectivity index (χ1n) is 4.74. The van der Waals surface area contributed by atoms with Crippen LogP contribution in [0.1, 0.15) is 22.7 Å². The van der Waals surface area contributed by atoms with Crippen LogP contribution in [0.3, 0.4) is 0 Å². The van der Waals surface area contributed by atoms with Gasteiger partial charge in [-0.25, -0.2) is 9.78 Å². The Morgan fingerprint density at radius 2 is 2.25 bits per heavy atom. The molecular formula is C9H9F3N2O2. The van der Waals surface area contributed by atoms with Gasteiger partial charge in [0.2, 0.25) is 0 Å². The fourth-order valence-corrected chi connectivity index (χ4v) is 1.87. The van der Waals surface area contributed by atoms with Crippen LogP contribution in [0.5, 0.6) is 0 Å². The number of hydrogen-bond donors (Lipinski definition) is 1. The zero-order valence-corrected chi connectivity index (χ0v) is 8.16. The highest BCUT2D eigenvalue weighted by Gasteiger charge is 2.42. The summed E-state index contributed by atoms with van der Waals surface area (Å²) in [4.78, 5) is 14.6. The molecule has 1 aromatic rings. The smallest absolute Gasteiger partial charge is 0.393 e. The maximum Gasteiger partial charge on any atom is 0.393 e. The van der Waals surface area contributed by atoms with Gasteiger partial charge < -0.3 is 9.67 Å². The van der Waals surface area contributed by atoms with Gasteiger partial charge in [-0.1, -0.05) is 0 Å². The third kappa shape index (κ3) is 1.77. The second kappa shape index (κ2) is 3.50. The Labute approximate surface area is 88.7 Å². The lowest BCUT2D eigenvalue weighted by Crippen LogP contribution is -2.33. The maximum absolute atomic E-state index is 12.5. The van der Waals surface area contributed by atoms with E-state index in [1.54, 1.807) is 0 Å². The molecular weight excluding hydrogens is 225 g/mol. The molecule has 0 amide bonds. The number of nitrogens with zero attached hydrogens (tertiary/aromatic N) is 2. The zero-order valence-electron chi connectivity index (χ0n) is 8.16. The van der Waals surface area contributed by atoms with Gasteiger partial charge in [-0.15, -0.1) is 0 Å². The van der Waals surface area contributed by atoms with Crippen molar-refractivity contribution in [1.82, 2.24) is 9.55 Å². The van der Waals surface area contributed by atoms with Crippen molar-refractivity contribution < 1.29 is 23.1 Å². The number of aryl methyl sites for hydroxylation is 1. The molecule has 16 heavy (non-hydrogen) atoms. The number of hydrogen-bond acceptors (Lipinski definition) is 2. The number of carboxylic acid groups (broad SMARTS) is 1. The number of alkyl halides is 3. The molecule has 1 aliphatic rings. The molecule has 0 bridgehead atoms. The molecule has 4 nitrogen and oxygen atoms in total. The Morgan fingerprint density at radius 3 is 2.81 bits per heavy atom. The normalized spacial score (nSPS) is 20.6. The minimum atomic E-state index is -4.28. The minimum Gasteiger partial charge on any atom is -0.477 e. The summed E-state index contributed by atoms with van der Waals surface area (Å²) in [6.07, 6.45) is -3.04. The second-order valence-electron chi connectivity index (χ2n) is 3.75. The number of aromatic nitrogens is 2. The number of carboxylic acids is 1. The Bertz CT molecular complexity index is 425. The fraction of sp³-hybridized carbons (Fsp3) is 0.556. The Hall–Kier alpha value is -1.53. The van der Waals surface area contributed by atoms with E-state index in [2.05, 4.69) is 4.98 Å². The van der Waals surface area contributed by atoms with Crippen molar-refractivity contribution in [1.29, 1.82) is 0 Å². The molecule has 2 rings (SSSR count). The Morgan fingerprint density at radius 1 is 1.56 bits per heavy atom. The van der Waals surface area contributed by atoms with Crippen molar-refractivity contribution in [2.24, 2.45) is 5.92 Å². The molecule has 0 saturated heterocycles. The molecule has 0 radical (unpaired) electrons. The number of rotatable bonds is 1. The molecule has 0 aromatic carbocycles. The highest BCUT2D eigenvalue weighted by Crippen LogP contribution is 2.34. The molecule has 2 heterocycles. The van der Waals surface area contributed by atoms with E-state index in [1.807, 2.05) is 0 Å². The van der Waals surface area contributed by atoms with Crippen molar-refractivity contribution in [3.8, 4) is 0 Å². The third-order valence-electron chi connectivity index (χ3n) is 2.74. The van der Waals surface area contributed by atoms with Crippen LogP contribution >= 0.6 is 0 Å². The van der Waals surface area contributed by atoms with E-state index in [4.69, 9.17) is 5.11 Å². The summed E-state index contributed by atoms with van der Waals surface area (Å²) in [5.41, 5.74) is -0.177. The first-order valence-corrected chi connectivity index (χ1v) is 4.74. The van der Waals surface area contributed by atoms with Crippen LogP contribution in [0.2, 0.25) is 0 Å². The molecule has 1 aliphatic heterocycles. The number of imidazole rings is 1. The summed E-state index contributed by atoms with van der Waals surface area (Å²) in [5.74, 6) is -2.31. The van der Waals surface area contributed by atoms with E-state index in [-0.39, 0.29) is 25.1 Å². The van der Waals surface area contributed by atoms with E-state index in [0.29, 0.717) is 5.82 Å². The first-order chi connectivity index (χ1) is 7.39. The largest absolute Gasteiger partial charge is 0.477 e. The maximum atomic E-state index is 12.5. The van der Waals surface area contributed by atoms with Crippen LogP contribution in [0, 0.1) is 5.92 Å². The van der Waals surface area contributed by atoms with Crippen molar-refractivity contribution >= 4 is 5.97 Å². The standard InChI is InChI=1S/C9H9F3N2O2/c10-9(11,12)5-1-2-7-13-3-6(8(15)16)14(7)4-5/h3,5H,1-2,4H2,(H,15,16). The predicted molar refractivity (Wildman–Crippen MR) is 47.1 cm³/mol. The van der Waals surface area contributed by atoms with E-state index in [0.717, 1.165) is 10.8 Å². The Balaban J connectivity index is 2.31. The summed E-state index contributed by atoms with van der Waals surface area (Å²) >= 11 is 0. The summed E-state index contributed by atoms with van der Waals surface area (Å²) in [6.45, 7) is -0.347. The molecule has 0 aliphatic carbocycles. The van der Waals surface area contributed by atoms with Crippen molar-refractivity contribution in [3.05, 3.63) is 17.7 Å². The molecule has 1 aromatic heterocycles. The highest BCUT2D eigenvalue weighted by atomic mass is 19.4. The molecule has 0 fully saturated rings. The minimum absolute atomic E-state index is 0.0282. The average Bonchev–Trinajstić information content (AvgIpc) is 2.58. The Kier molecular flexibility index (Phi) is 2.40. The van der Waals surface area contributed by atoms with Gasteiger partial charge in [0.25, 0.3) is 0 Å². The summed E-state index contributed by atoms with van der Waals surface area (Å²) in [7, 11) is 0. The average molecular weight is 234 g/mol. The van der Waals surface area contributed by atoms with E-state index in [9.17, 15) is 18.0 Å². The van der Waals surface area contributed by atoms with Gasteiger partial charge in [-0.2, -0.15) is 13.2 Å². The lowest BCUT2D eigenvalue weighted by molar-refractivity contribution is -0.182. The number of halogens is 3. The van der Waals surface area contributed by atoms with Gasteiger partial charge in [-0.05, 0) is 6.42 Å². The van der Waals surface area contributed by atoms with Crippen molar-refractivity contribution in [2.45, 2.75) is 25.6 Å². The highest BCUT2D eigenvalue weighted by molar-refractivity contribution is 5.85. The summed E-state index contributed by atoms with van der Waals surface area (Å²) < 4.78 is 38.6. The molecule has 0 saturated carbocycles. The van der Waals surface area contributed by atoms with Gasteiger partial charge in [-0.3, -0.25) is 0 Å². The van der Waals surface area contributed by atoms with Crippen LogP contribution in [0.4, 0.5) is 13.2 Å². The lowest BCUT2D eigenvalue weighted by Gasteiger charge is -2.26. The first kappa shape index (κ1) is 11.0. The van der Waals surface area contributed by atoms with Gasteiger partial charge in [0, 0.05) is 13.0 Å². The zero-order chi connectivity index (χ0) is 11.9. The van der Waals surface area contributed by atoms with Gasteiger partial charge in [0.15, 0.2) is 0 Å². The molecule has 1 unspecified atom stereocenters. The fourth-order valence-electron chi connectivity index (χ4n) is 1.87. The van der Waals surface area contributed by atoms with Gasteiger partial charge in [0.1, 0.15) is 11.5 Å². The molecule has 88 valence electrons. The molecule has 1 atom stereocenters. The lowest BCUT2D eigenvalue weighted by atomic mass is 9.99. The predicted octanol–water partition coefficient (Wildman–Crippen LogP) is 1.71. The van der Waals surface area contributed by atoms with E-state index in [1.165, 1.54) is 0 Å². The van der Waals surface area contributed by atoms with Crippen LogP contribution in [-0.2, 0) is 13.0 Å². The summed E-state index contributed by atoms with van der Waals surface area (Å²) in [5, 5.41) is 8.78. The number of aromatic carboxylic acids is 1. The topological polar surface area (TPSA) is 55.1 Å². The monoisotopic (exact) mass is 234 g/mol. The van der Waals surface area contributed by atoms with Crippen LogP contribution < -0.4 is 0 Å². The third-order valence-corrected chi connectivity index (χ3v) is 2.74. The quantitative estimate of drug-likeness (QED) is 0.804. The van der Waals surface area contributed by atoms with Crippen LogP contribution in [0.15, 0.2) is 6.20 Å². The van der Waals surface area contributed by atoms with Crippen LogP contribution in [-0.4, -0.2) is 26.8 Å². The molecule has 7 heteroatoms. The van der Waals surface area contributed by atoms with E-state index < -0.39 is 18.1 Å². The SMILES string of the molecule is O=C(O)c1cnc2n1CC(C(F)(F)F)CC2. The van der Waals surface area contributed by atoms with Crippen molar-refractivity contribution in [3.63, 3.8) is 0 Å². The van der Waals surface area contributed by atoms with Crippen molar-refractivity contribution in [2.75, 3.05) is 0 Å². The molecule has 0 spiro atoms. The second-order valence-corrected chi connectivity index (χ2v) is 3.75. The van der Waals surface area contributed by atoms with Gasteiger partial charge in [0.05, 0.1) is 12.1 Å². The molecule has 1 N–H and O–H groups in total. The summed E-state index contributed by atoms with van der Waals surface area (Å²) in [6, 6.07) is 0.